The van der Waals surface area contributed by atoms with Gasteiger partial charge in [-0.15, -0.1) is 16.4 Å². The van der Waals surface area contributed by atoms with Crippen LogP contribution in [0.3, 0.4) is 0 Å². The lowest BCUT2D eigenvalue weighted by Gasteiger charge is -2.00. The van der Waals surface area contributed by atoms with Crippen molar-refractivity contribution in [1.29, 1.82) is 0 Å². The molecule has 0 radical (unpaired) electrons. The summed E-state index contributed by atoms with van der Waals surface area (Å²) in [4.78, 5) is 22.0. The number of nitrogens with one attached hydrogen (secondary N) is 2. The molecule has 1 fully saturated rings. The molecule has 4 rings (SSSR count). The number of amides is 1. The molecule has 1 aromatic carbocycles. The summed E-state index contributed by atoms with van der Waals surface area (Å²) in [6.45, 7) is 2.08. The highest BCUT2D eigenvalue weighted by Crippen LogP contribution is 2.38. The van der Waals surface area contributed by atoms with E-state index in [0.717, 1.165) is 17.1 Å². The number of anilines is 1. The van der Waals surface area contributed by atoms with E-state index in [-0.39, 0.29) is 11.7 Å². The molecule has 2 heterocycles. The van der Waals surface area contributed by atoms with Gasteiger partial charge in [0.15, 0.2) is 5.13 Å². The van der Waals surface area contributed by atoms with Crippen molar-refractivity contribution in [2.24, 2.45) is 0 Å². The van der Waals surface area contributed by atoms with Crippen molar-refractivity contribution in [3.63, 3.8) is 0 Å². The molecule has 0 unspecified atom stereocenters. The Balaban J connectivity index is 1.28. The Kier molecular flexibility index (Phi) is 5.03. The van der Waals surface area contributed by atoms with Gasteiger partial charge in [0.25, 0.3) is 0 Å². The number of hydrogen-bond acceptors (Lipinski definition) is 6. The number of aromatic nitrogens is 4. The lowest BCUT2D eigenvalue weighted by molar-refractivity contribution is -0.113. The number of H-pyrrole nitrogens is 1. The van der Waals surface area contributed by atoms with Gasteiger partial charge in [-0.2, -0.15) is 0 Å². The van der Waals surface area contributed by atoms with Crippen molar-refractivity contribution in [3.05, 3.63) is 52.3 Å². The second kappa shape index (κ2) is 7.59. The quantitative estimate of drug-likeness (QED) is 0.605. The second-order valence-corrected chi connectivity index (χ2v) is 8.47. The van der Waals surface area contributed by atoms with E-state index in [1.807, 2.05) is 6.20 Å². The summed E-state index contributed by atoms with van der Waals surface area (Å²) >= 11 is 2.85. The molecule has 1 amide bonds. The Labute approximate surface area is 159 Å². The molecule has 3 aromatic rings. The van der Waals surface area contributed by atoms with Crippen LogP contribution >= 0.6 is 23.1 Å². The van der Waals surface area contributed by atoms with E-state index in [1.54, 1.807) is 0 Å². The number of carbonyl (C=O) groups is 1. The van der Waals surface area contributed by atoms with Crippen LogP contribution in [0.15, 0.2) is 35.6 Å². The van der Waals surface area contributed by atoms with Crippen LogP contribution in [0.5, 0.6) is 0 Å². The smallest absolute Gasteiger partial charge is 0.236 e. The van der Waals surface area contributed by atoms with Gasteiger partial charge >= 0.3 is 0 Å². The van der Waals surface area contributed by atoms with Crippen LogP contribution in [0.25, 0.3) is 0 Å². The zero-order valence-corrected chi connectivity index (χ0v) is 16.0. The standard InChI is InChI=1S/C18H19N5OS2/c1-11-3-2-4-12(7-11)8-14-9-19-17(26-14)20-15(24)10-25-18-21-16(22-23-18)13-5-6-13/h2-4,7,9,13H,5-6,8,10H2,1H3,(H,19,20,24)(H,21,22,23). The highest BCUT2D eigenvalue weighted by molar-refractivity contribution is 7.99. The molecule has 2 N–H and O–H groups in total. The fourth-order valence-electron chi connectivity index (χ4n) is 2.62. The molecule has 2 aromatic heterocycles. The first-order valence-corrected chi connectivity index (χ1v) is 10.3. The largest absolute Gasteiger partial charge is 0.301 e. The summed E-state index contributed by atoms with van der Waals surface area (Å²) in [6, 6.07) is 8.42. The van der Waals surface area contributed by atoms with Gasteiger partial charge in [0, 0.05) is 23.4 Å². The van der Waals surface area contributed by atoms with Crippen LogP contribution in [0.2, 0.25) is 0 Å². The number of rotatable bonds is 7. The van der Waals surface area contributed by atoms with E-state index in [4.69, 9.17) is 0 Å². The number of hydrogen-bond donors (Lipinski definition) is 2. The minimum absolute atomic E-state index is 0.0933. The molecule has 0 bridgehead atoms. The van der Waals surface area contributed by atoms with Gasteiger partial charge in [0.1, 0.15) is 5.82 Å². The predicted molar refractivity (Wildman–Crippen MR) is 104 cm³/mol. The molecule has 1 saturated carbocycles. The molecule has 1 aliphatic rings. The lowest BCUT2D eigenvalue weighted by atomic mass is 10.1. The zero-order valence-electron chi connectivity index (χ0n) is 14.4. The predicted octanol–water partition coefficient (Wildman–Crippen LogP) is 3.77. The summed E-state index contributed by atoms with van der Waals surface area (Å²) < 4.78 is 0. The molecule has 134 valence electrons. The second-order valence-electron chi connectivity index (χ2n) is 6.41. The van der Waals surface area contributed by atoms with Crippen LogP contribution in [-0.2, 0) is 11.2 Å². The Morgan fingerprint density at radius 2 is 2.31 bits per heavy atom. The number of thioether (sulfide) groups is 1. The average molecular weight is 386 g/mol. The molecule has 0 spiro atoms. The first kappa shape index (κ1) is 17.2. The highest BCUT2D eigenvalue weighted by atomic mass is 32.2. The summed E-state index contributed by atoms with van der Waals surface area (Å²) in [5.41, 5.74) is 2.49. The summed E-state index contributed by atoms with van der Waals surface area (Å²) in [5, 5.41) is 11.2. The minimum Gasteiger partial charge on any atom is -0.301 e. The maximum absolute atomic E-state index is 12.1. The SMILES string of the molecule is Cc1cccc(Cc2cnc(NC(=O)CSc3n[nH]c(C4CC4)n3)s2)c1. The molecule has 0 atom stereocenters. The van der Waals surface area contributed by atoms with E-state index in [2.05, 4.69) is 56.7 Å². The Bertz CT molecular complexity index is 916. The molecular formula is C18H19N5OS2. The monoisotopic (exact) mass is 385 g/mol. The normalized spacial score (nSPS) is 13.7. The Morgan fingerprint density at radius 1 is 1.42 bits per heavy atom. The maximum atomic E-state index is 12.1. The van der Waals surface area contributed by atoms with Crippen molar-refractivity contribution < 1.29 is 4.79 Å². The van der Waals surface area contributed by atoms with Gasteiger partial charge in [0.2, 0.25) is 11.1 Å². The summed E-state index contributed by atoms with van der Waals surface area (Å²) in [5.74, 6) is 1.65. The number of aromatic amines is 1. The Hall–Kier alpha value is -2.19. The molecule has 0 saturated heterocycles. The third kappa shape index (κ3) is 4.50. The average Bonchev–Trinajstić information content (AvgIpc) is 3.20. The maximum Gasteiger partial charge on any atom is 0.236 e. The molecule has 6 nitrogen and oxygen atoms in total. The number of thiazole rings is 1. The van der Waals surface area contributed by atoms with E-state index in [1.165, 1.54) is 47.1 Å². The Morgan fingerprint density at radius 3 is 3.12 bits per heavy atom. The number of aryl methyl sites for hydroxylation is 1. The van der Waals surface area contributed by atoms with Gasteiger partial charge in [0.05, 0.1) is 5.75 Å². The lowest BCUT2D eigenvalue weighted by Crippen LogP contribution is -2.13. The molecule has 1 aliphatic carbocycles. The summed E-state index contributed by atoms with van der Waals surface area (Å²) in [7, 11) is 0. The van der Waals surface area contributed by atoms with Gasteiger partial charge in [-0.25, -0.2) is 9.97 Å². The molecular weight excluding hydrogens is 366 g/mol. The number of carbonyl (C=O) groups excluding carboxylic acids is 1. The van der Waals surface area contributed by atoms with Crippen LogP contribution in [0, 0.1) is 6.92 Å². The van der Waals surface area contributed by atoms with E-state index < -0.39 is 0 Å². The van der Waals surface area contributed by atoms with Crippen LogP contribution < -0.4 is 5.32 Å². The number of nitrogens with zero attached hydrogens (tertiary/aromatic N) is 3. The van der Waals surface area contributed by atoms with Crippen molar-refractivity contribution in [2.45, 2.75) is 37.3 Å². The minimum atomic E-state index is -0.0933. The fraction of sp³-hybridized carbons (Fsp3) is 0.333. The van der Waals surface area contributed by atoms with Crippen molar-refractivity contribution >= 4 is 34.1 Å². The van der Waals surface area contributed by atoms with Gasteiger partial charge < -0.3 is 5.32 Å². The molecule has 0 aliphatic heterocycles. The van der Waals surface area contributed by atoms with E-state index in [0.29, 0.717) is 16.2 Å². The third-order valence-corrected chi connectivity index (χ3v) is 5.80. The van der Waals surface area contributed by atoms with Crippen LogP contribution in [0.1, 0.15) is 40.6 Å². The topological polar surface area (TPSA) is 83.6 Å². The van der Waals surface area contributed by atoms with Gasteiger partial charge in [-0.05, 0) is 25.3 Å². The summed E-state index contributed by atoms with van der Waals surface area (Å²) in [6.07, 6.45) is 5.00. The van der Waals surface area contributed by atoms with Crippen LogP contribution in [-0.4, -0.2) is 31.8 Å². The van der Waals surface area contributed by atoms with Gasteiger partial charge in [-0.1, -0.05) is 41.6 Å². The fourth-order valence-corrected chi connectivity index (χ4v) is 4.09. The first-order valence-electron chi connectivity index (χ1n) is 8.51. The van der Waals surface area contributed by atoms with E-state index in [9.17, 15) is 4.79 Å². The van der Waals surface area contributed by atoms with Crippen molar-refractivity contribution in [3.8, 4) is 0 Å². The highest BCUT2D eigenvalue weighted by Gasteiger charge is 2.27. The first-order chi connectivity index (χ1) is 12.7. The molecule has 8 heteroatoms. The number of benzene rings is 1. The van der Waals surface area contributed by atoms with E-state index >= 15 is 0 Å². The van der Waals surface area contributed by atoms with Gasteiger partial charge in [-0.3, -0.25) is 9.89 Å². The third-order valence-electron chi connectivity index (χ3n) is 4.04. The molecule has 26 heavy (non-hydrogen) atoms. The van der Waals surface area contributed by atoms with Crippen LogP contribution in [0.4, 0.5) is 5.13 Å². The zero-order chi connectivity index (χ0) is 17.9. The van der Waals surface area contributed by atoms with Crippen molar-refractivity contribution in [2.75, 3.05) is 11.1 Å². The van der Waals surface area contributed by atoms with Crippen molar-refractivity contribution in [1.82, 2.24) is 20.2 Å².